The second kappa shape index (κ2) is 19.3. The van der Waals surface area contributed by atoms with E-state index in [1.165, 1.54) is 105 Å². The molecular formula is C41H62N2O4S2. The zero-order valence-corrected chi connectivity index (χ0v) is 33.0. The molecule has 2 aliphatic rings. The van der Waals surface area contributed by atoms with Crippen molar-refractivity contribution in [1.29, 1.82) is 0 Å². The fourth-order valence-electron chi connectivity index (χ4n) is 7.80. The SMILES string of the molecule is CCCCCCCCC(C)N1C(=O)c2c(C)sc(-c3sc(C)c4c3C(=O)N(C(CCCCCCCC)CCCCCCCC)C4=O)c2C1=O. The van der Waals surface area contributed by atoms with Gasteiger partial charge in [0.1, 0.15) is 0 Å². The molecule has 2 aromatic heterocycles. The third-order valence-electron chi connectivity index (χ3n) is 10.7. The van der Waals surface area contributed by atoms with Crippen LogP contribution in [0.3, 0.4) is 0 Å². The Labute approximate surface area is 304 Å². The Morgan fingerprint density at radius 1 is 0.449 bits per heavy atom. The van der Waals surface area contributed by atoms with Crippen LogP contribution in [0.1, 0.15) is 214 Å². The van der Waals surface area contributed by atoms with Gasteiger partial charge in [-0.1, -0.05) is 136 Å². The van der Waals surface area contributed by atoms with Gasteiger partial charge in [-0.2, -0.15) is 0 Å². The lowest BCUT2D eigenvalue weighted by molar-refractivity contribution is 0.0554. The molecular weight excluding hydrogens is 649 g/mol. The van der Waals surface area contributed by atoms with Gasteiger partial charge in [0.15, 0.2) is 0 Å². The molecule has 6 nitrogen and oxygen atoms in total. The van der Waals surface area contributed by atoms with Crippen molar-refractivity contribution in [2.24, 2.45) is 0 Å². The van der Waals surface area contributed by atoms with Crippen LogP contribution in [0.25, 0.3) is 9.75 Å². The van der Waals surface area contributed by atoms with Crippen molar-refractivity contribution >= 4 is 46.3 Å². The monoisotopic (exact) mass is 710 g/mol. The highest BCUT2D eigenvalue weighted by Gasteiger charge is 2.48. The van der Waals surface area contributed by atoms with Crippen molar-refractivity contribution in [2.45, 2.75) is 188 Å². The molecule has 0 N–H and O–H groups in total. The third-order valence-corrected chi connectivity index (χ3v) is 13.0. The fraction of sp³-hybridized carbons (Fsp3) is 0.707. The van der Waals surface area contributed by atoms with E-state index in [1.807, 2.05) is 20.8 Å². The molecule has 2 aliphatic heterocycles. The molecule has 0 aliphatic carbocycles. The number of nitrogens with zero attached hydrogens (tertiary/aromatic N) is 2. The summed E-state index contributed by atoms with van der Waals surface area (Å²) in [6.07, 6.45) is 23.5. The van der Waals surface area contributed by atoms with Crippen LogP contribution in [0.2, 0.25) is 0 Å². The minimum atomic E-state index is -0.254. The first-order valence-corrected chi connectivity index (χ1v) is 21.4. The van der Waals surface area contributed by atoms with E-state index in [4.69, 9.17) is 0 Å². The maximum absolute atomic E-state index is 14.4. The number of imide groups is 2. The Morgan fingerprint density at radius 3 is 1.20 bits per heavy atom. The molecule has 1 unspecified atom stereocenters. The Hall–Kier alpha value is -2.32. The number of hydrogen-bond acceptors (Lipinski definition) is 6. The summed E-state index contributed by atoms with van der Waals surface area (Å²) in [5.74, 6) is -0.865. The number of unbranched alkanes of at least 4 members (excludes halogenated alkanes) is 15. The zero-order chi connectivity index (χ0) is 35.5. The average Bonchev–Trinajstić information content (AvgIpc) is 3.76. The minimum absolute atomic E-state index is 0.112. The van der Waals surface area contributed by atoms with Gasteiger partial charge in [-0.3, -0.25) is 29.0 Å². The number of fused-ring (bicyclic) bond motifs is 2. The van der Waals surface area contributed by atoms with Crippen LogP contribution in [-0.2, 0) is 0 Å². The summed E-state index contributed by atoms with van der Waals surface area (Å²) in [5, 5.41) is 0. The van der Waals surface area contributed by atoms with Crippen LogP contribution < -0.4 is 0 Å². The third kappa shape index (κ3) is 9.13. The number of carbonyl (C=O) groups is 4. The number of thiophene rings is 2. The van der Waals surface area contributed by atoms with Crippen molar-refractivity contribution in [3.8, 4) is 9.75 Å². The van der Waals surface area contributed by atoms with Crippen molar-refractivity contribution in [3.05, 3.63) is 32.0 Å². The zero-order valence-electron chi connectivity index (χ0n) is 31.3. The minimum Gasteiger partial charge on any atom is -0.271 e. The molecule has 0 aromatic carbocycles. The van der Waals surface area contributed by atoms with Gasteiger partial charge < -0.3 is 0 Å². The maximum atomic E-state index is 14.4. The quantitative estimate of drug-likeness (QED) is 0.0803. The van der Waals surface area contributed by atoms with E-state index in [1.54, 1.807) is 4.90 Å². The van der Waals surface area contributed by atoms with Crippen LogP contribution in [0, 0.1) is 13.8 Å². The molecule has 49 heavy (non-hydrogen) atoms. The number of hydrogen-bond donors (Lipinski definition) is 0. The molecule has 0 bridgehead atoms. The van der Waals surface area contributed by atoms with Crippen molar-refractivity contribution < 1.29 is 19.2 Å². The largest absolute Gasteiger partial charge is 0.271 e. The van der Waals surface area contributed by atoms with E-state index in [-0.39, 0.29) is 35.7 Å². The lowest BCUT2D eigenvalue weighted by Gasteiger charge is -2.27. The molecule has 4 amide bonds. The Kier molecular flexibility index (Phi) is 15.6. The normalized spacial score (nSPS) is 15.0. The molecule has 1 atom stereocenters. The smallest absolute Gasteiger partial charge is 0.263 e. The molecule has 0 saturated carbocycles. The van der Waals surface area contributed by atoms with Crippen LogP contribution in [0.15, 0.2) is 0 Å². The molecule has 2 aromatic rings. The molecule has 0 saturated heterocycles. The highest BCUT2D eigenvalue weighted by molar-refractivity contribution is 7.23. The predicted molar refractivity (Wildman–Crippen MR) is 205 cm³/mol. The number of rotatable bonds is 24. The summed E-state index contributed by atoms with van der Waals surface area (Å²) < 4.78 is 0. The molecule has 4 heterocycles. The van der Waals surface area contributed by atoms with E-state index < -0.39 is 0 Å². The van der Waals surface area contributed by atoms with Gasteiger partial charge >= 0.3 is 0 Å². The van der Waals surface area contributed by atoms with Gasteiger partial charge in [0.25, 0.3) is 23.6 Å². The summed E-state index contributed by atoms with van der Waals surface area (Å²) in [4.78, 5) is 62.3. The number of aryl methyl sites for hydroxylation is 2. The number of carbonyl (C=O) groups excluding carboxylic acids is 4. The van der Waals surface area contributed by atoms with Gasteiger partial charge in [-0.15, -0.1) is 22.7 Å². The molecule has 272 valence electrons. The molecule has 0 radical (unpaired) electrons. The van der Waals surface area contributed by atoms with Crippen LogP contribution >= 0.6 is 22.7 Å². The number of amides is 4. The van der Waals surface area contributed by atoms with Crippen LogP contribution in [0.5, 0.6) is 0 Å². The predicted octanol–water partition coefficient (Wildman–Crippen LogP) is 12.3. The first kappa shape index (κ1) is 39.5. The highest BCUT2D eigenvalue weighted by Crippen LogP contribution is 2.49. The molecule has 0 spiro atoms. The van der Waals surface area contributed by atoms with Crippen molar-refractivity contribution in [3.63, 3.8) is 0 Å². The van der Waals surface area contributed by atoms with Crippen molar-refractivity contribution in [1.82, 2.24) is 9.80 Å². The molecule has 0 fully saturated rings. The van der Waals surface area contributed by atoms with Gasteiger partial charge in [0.05, 0.1) is 32.0 Å². The maximum Gasteiger partial charge on any atom is 0.263 e. The van der Waals surface area contributed by atoms with Gasteiger partial charge in [-0.05, 0) is 40.0 Å². The topological polar surface area (TPSA) is 74.8 Å². The van der Waals surface area contributed by atoms with E-state index in [9.17, 15) is 19.2 Å². The fourth-order valence-corrected chi connectivity index (χ4v) is 10.2. The Morgan fingerprint density at radius 2 is 0.776 bits per heavy atom. The van der Waals surface area contributed by atoms with E-state index in [2.05, 4.69) is 20.8 Å². The van der Waals surface area contributed by atoms with Gasteiger partial charge in [0, 0.05) is 21.8 Å². The van der Waals surface area contributed by atoms with Crippen molar-refractivity contribution in [2.75, 3.05) is 0 Å². The summed E-state index contributed by atoms with van der Waals surface area (Å²) in [7, 11) is 0. The second-order valence-electron chi connectivity index (χ2n) is 14.6. The molecule has 8 heteroatoms. The van der Waals surface area contributed by atoms with Gasteiger partial charge in [-0.25, -0.2) is 0 Å². The first-order chi connectivity index (χ1) is 23.7. The van der Waals surface area contributed by atoms with E-state index in [0.717, 1.165) is 67.5 Å². The van der Waals surface area contributed by atoms with Crippen LogP contribution in [0.4, 0.5) is 0 Å². The van der Waals surface area contributed by atoms with E-state index >= 15 is 0 Å². The lowest BCUT2D eigenvalue weighted by atomic mass is 9.98. The summed E-state index contributed by atoms with van der Waals surface area (Å²) >= 11 is 2.84. The summed E-state index contributed by atoms with van der Waals surface area (Å²) in [5.41, 5.74) is 1.87. The standard InChI is InChI=1S/C41H62N2O4S2/c1-7-10-13-16-19-22-25-28(4)42-38(44)32-29(5)48-36(34(32)40(42)46)37-35-33(30(6)49-37)39(45)43(41(35)47)31(26-23-20-17-14-11-8-2)27-24-21-18-15-12-9-3/h28,31H,7-27H2,1-6H3. The summed E-state index contributed by atoms with van der Waals surface area (Å²) in [6.45, 7) is 12.5. The summed E-state index contributed by atoms with van der Waals surface area (Å²) in [6, 6.07) is -0.297. The van der Waals surface area contributed by atoms with Gasteiger partial charge in [0.2, 0.25) is 0 Å². The first-order valence-electron chi connectivity index (χ1n) is 19.7. The van der Waals surface area contributed by atoms with Crippen LogP contribution in [-0.4, -0.2) is 45.5 Å². The Balaban J connectivity index is 1.55. The Bertz CT molecular complexity index is 1420. The molecule has 4 rings (SSSR count). The highest BCUT2D eigenvalue weighted by atomic mass is 32.1. The lowest BCUT2D eigenvalue weighted by Crippen LogP contribution is -2.40. The second-order valence-corrected chi connectivity index (χ2v) is 17.1. The average molecular weight is 711 g/mol. The van der Waals surface area contributed by atoms with E-state index in [0.29, 0.717) is 32.0 Å².